The highest BCUT2D eigenvalue weighted by atomic mass is 79.9. The molecule has 0 aliphatic carbocycles. The van der Waals surface area contributed by atoms with Crippen molar-refractivity contribution < 1.29 is 13.9 Å². The molecule has 0 saturated heterocycles. The van der Waals surface area contributed by atoms with Gasteiger partial charge in [-0.1, -0.05) is 6.08 Å². The second-order valence-electron chi connectivity index (χ2n) is 3.73. The summed E-state index contributed by atoms with van der Waals surface area (Å²) in [6.45, 7) is 0. The molecule has 19 heavy (non-hydrogen) atoms. The van der Waals surface area contributed by atoms with Gasteiger partial charge in [0.1, 0.15) is 11.6 Å². The number of hydrogen-bond donors (Lipinski definition) is 0. The van der Waals surface area contributed by atoms with E-state index in [9.17, 15) is 9.18 Å². The molecule has 0 unspecified atom stereocenters. The van der Waals surface area contributed by atoms with Crippen LogP contribution in [-0.2, 0) is 0 Å². The van der Waals surface area contributed by atoms with Crippen molar-refractivity contribution in [3.63, 3.8) is 0 Å². The summed E-state index contributed by atoms with van der Waals surface area (Å²) in [4.78, 5) is 11.9. The average Bonchev–Trinajstić information content (AvgIpc) is 2.81. The summed E-state index contributed by atoms with van der Waals surface area (Å²) in [6.07, 6.45) is 3.02. The first-order valence-corrected chi connectivity index (χ1v) is 7.07. The third-order valence-corrected chi connectivity index (χ3v) is 3.98. The van der Waals surface area contributed by atoms with Gasteiger partial charge < -0.3 is 4.74 Å². The Hall–Kier alpha value is -1.46. The van der Waals surface area contributed by atoms with E-state index in [0.717, 1.165) is 9.35 Å². The molecule has 1 aromatic carbocycles. The van der Waals surface area contributed by atoms with Crippen LogP contribution >= 0.6 is 27.3 Å². The molecule has 2 nitrogen and oxygen atoms in total. The van der Waals surface area contributed by atoms with Crippen LogP contribution in [0.2, 0.25) is 0 Å². The predicted molar refractivity (Wildman–Crippen MR) is 78.3 cm³/mol. The van der Waals surface area contributed by atoms with Gasteiger partial charge in [0.2, 0.25) is 0 Å². The molecule has 0 amide bonds. The van der Waals surface area contributed by atoms with Gasteiger partial charge in [0, 0.05) is 6.07 Å². The van der Waals surface area contributed by atoms with Gasteiger partial charge in [0.05, 0.1) is 16.5 Å². The Balaban J connectivity index is 2.18. The van der Waals surface area contributed by atoms with Crippen LogP contribution in [0.25, 0.3) is 6.08 Å². The molecule has 0 fully saturated rings. The minimum absolute atomic E-state index is 0.0337. The molecular weight excluding hydrogens is 331 g/mol. The number of methoxy groups -OCH3 is 1. The van der Waals surface area contributed by atoms with Crippen molar-refractivity contribution in [1.82, 2.24) is 0 Å². The van der Waals surface area contributed by atoms with Crippen LogP contribution in [0.1, 0.15) is 15.9 Å². The lowest BCUT2D eigenvalue weighted by molar-refractivity contribution is 0.104. The molecule has 0 aliphatic heterocycles. The molecular formula is C14H10BrFO2S. The summed E-state index contributed by atoms with van der Waals surface area (Å²) in [5, 5.41) is 1.90. The lowest BCUT2D eigenvalue weighted by Gasteiger charge is -2.02. The van der Waals surface area contributed by atoms with E-state index >= 15 is 0 Å². The molecule has 0 bridgehead atoms. The fourth-order valence-corrected chi connectivity index (χ4v) is 2.64. The Kier molecular flexibility index (Phi) is 4.50. The van der Waals surface area contributed by atoms with Gasteiger partial charge in [-0.05, 0) is 51.1 Å². The van der Waals surface area contributed by atoms with Crippen LogP contribution in [0.4, 0.5) is 4.39 Å². The summed E-state index contributed by atoms with van der Waals surface area (Å²) < 4.78 is 19.5. The molecule has 0 N–H and O–H groups in total. The number of ketones is 1. The van der Waals surface area contributed by atoms with Crippen molar-refractivity contribution in [2.24, 2.45) is 0 Å². The Labute approximate surface area is 122 Å². The van der Waals surface area contributed by atoms with Gasteiger partial charge in [-0.15, -0.1) is 11.3 Å². The van der Waals surface area contributed by atoms with Gasteiger partial charge in [-0.25, -0.2) is 4.39 Å². The van der Waals surface area contributed by atoms with E-state index in [-0.39, 0.29) is 11.3 Å². The summed E-state index contributed by atoms with van der Waals surface area (Å²) in [7, 11) is 1.45. The standard InChI is InChI=1S/C14H10BrFO2S/c1-18-10-3-4-11(12(16)7-10)13(17)5-2-9-6-14(15)19-8-9/h2-8H,1H3/b5-2+. The first-order chi connectivity index (χ1) is 9.10. The Morgan fingerprint density at radius 1 is 1.42 bits per heavy atom. The molecule has 0 saturated carbocycles. The number of carbonyl (C=O) groups excluding carboxylic acids is 1. The van der Waals surface area contributed by atoms with Gasteiger partial charge in [-0.2, -0.15) is 0 Å². The minimum Gasteiger partial charge on any atom is -0.497 e. The fraction of sp³-hybridized carbons (Fsp3) is 0.0714. The van der Waals surface area contributed by atoms with Crippen molar-refractivity contribution in [3.8, 4) is 5.75 Å². The van der Waals surface area contributed by atoms with Crippen molar-refractivity contribution in [2.75, 3.05) is 7.11 Å². The molecule has 1 heterocycles. The van der Waals surface area contributed by atoms with E-state index in [1.165, 1.54) is 36.7 Å². The van der Waals surface area contributed by atoms with Crippen molar-refractivity contribution in [1.29, 1.82) is 0 Å². The van der Waals surface area contributed by atoms with Crippen molar-refractivity contribution in [2.45, 2.75) is 0 Å². The van der Waals surface area contributed by atoms with Gasteiger partial charge >= 0.3 is 0 Å². The summed E-state index contributed by atoms with van der Waals surface area (Å²) in [6, 6.07) is 6.07. The smallest absolute Gasteiger partial charge is 0.188 e. The number of carbonyl (C=O) groups is 1. The van der Waals surface area contributed by atoms with Gasteiger partial charge in [0.15, 0.2) is 5.78 Å². The zero-order chi connectivity index (χ0) is 13.8. The quantitative estimate of drug-likeness (QED) is 0.602. The summed E-state index contributed by atoms with van der Waals surface area (Å²) in [5.74, 6) is -0.567. The summed E-state index contributed by atoms with van der Waals surface area (Å²) in [5.41, 5.74) is 0.936. The highest BCUT2D eigenvalue weighted by Crippen LogP contribution is 2.22. The van der Waals surface area contributed by atoms with Crippen LogP contribution in [0, 0.1) is 5.82 Å². The van der Waals surface area contributed by atoms with E-state index < -0.39 is 5.82 Å². The van der Waals surface area contributed by atoms with E-state index in [2.05, 4.69) is 15.9 Å². The number of hydrogen-bond acceptors (Lipinski definition) is 3. The largest absolute Gasteiger partial charge is 0.497 e. The fourth-order valence-electron chi connectivity index (χ4n) is 1.50. The number of thiophene rings is 1. The number of ether oxygens (including phenoxy) is 1. The second kappa shape index (κ2) is 6.12. The van der Waals surface area contributed by atoms with E-state index in [4.69, 9.17) is 4.74 Å². The van der Waals surface area contributed by atoms with Crippen LogP contribution in [0.5, 0.6) is 5.75 Å². The number of benzene rings is 1. The molecule has 0 radical (unpaired) electrons. The molecule has 0 spiro atoms. The maximum atomic E-state index is 13.7. The highest BCUT2D eigenvalue weighted by molar-refractivity contribution is 9.11. The molecule has 0 atom stereocenters. The zero-order valence-electron chi connectivity index (χ0n) is 10.0. The third kappa shape index (κ3) is 3.52. The van der Waals surface area contributed by atoms with E-state index in [0.29, 0.717) is 5.75 Å². The molecule has 2 aromatic rings. The van der Waals surface area contributed by atoms with Crippen LogP contribution in [0.15, 0.2) is 39.5 Å². The van der Waals surface area contributed by atoms with E-state index in [1.54, 1.807) is 12.1 Å². The average molecular weight is 341 g/mol. The second-order valence-corrected chi connectivity index (χ2v) is 6.02. The minimum atomic E-state index is -0.583. The first-order valence-electron chi connectivity index (χ1n) is 5.40. The zero-order valence-corrected chi connectivity index (χ0v) is 12.4. The van der Waals surface area contributed by atoms with E-state index in [1.807, 2.05) is 11.4 Å². The number of halogens is 2. The first kappa shape index (κ1) is 14.0. The number of rotatable bonds is 4. The van der Waals surface area contributed by atoms with Crippen LogP contribution in [0.3, 0.4) is 0 Å². The lowest BCUT2D eigenvalue weighted by atomic mass is 10.1. The topological polar surface area (TPSA) is 26.3 Å². The Bertz CT molecular complexity index is 634. The normalized spacial score (nSPS) is 10.9. The van der Waals surface area contributed by atoms with Gasteiger partial charge in [-0.3, -0.25) is 4.79 Å². The van der Waals surface area contributed by atoms with Crippen LogP contribution in [-0.4, -0.2) is 12.9 Å². The highest BCUT2D eigenvalue weighted by Gasteiger charge is 2.09. The molecule has 5 heteroatoms. The maximum absolute atomic E-state index is 13.7. The molecule has 2 rings (SSSR count). The summed E-state index contributed by atoms with van der Waals surface area (Å²) >= 11 is 4.86. The van der Waals surface area contributed by atoms with Crippen LogP contribution < -0.4 is 4.74 Å². The number of allylic oxidation sites excluding steroid dienone is 1. The third-order valence-electron chi connectivity index (χ3n) is 2.46. The van der Waals surface area contributed by atoms with Crippen molar-refractivity contribution in [3.05, 3.63) is 56.5 Å². The predicted octanol–water partition coefficient (Wildman–Crippen LogP) is 4.55. The van der Waals surface area contributed by atoms with Crippen molar-refractivity contribution >= 4 is 39.1 Å². The monoisotopic (exact) mass is 340 g/mol. The molecule has 1 aromatic heterocycles. The molecule has 98 valence electrons. The molecule has 0 aliphatic rings. The maximum Gasteiger partial charge on any atom is 0.188 e. The lowest BCUT2D eigenvalue weighted by Crippen LogP contribution is -1.99. The Morgan fingerprint density at radius 2 is 2.21 bits per heavy atom. The van der Waals surface area contributed by atoms with Gasteiger partial charge in [0.25, 0.3) is 0 Å². The SMILES string of the molecule is COc1ccc(C(=O)/C=C/c2csc(Br)c2)c(F)c1. The Morgan fingerprint density at radius 3 is 2.79 bits per heavy atom.